The molecule has 0 aliphatic carbocycles. The van der Waals surface area contributed by atoms with Crippen LogP contribution in [0.3, 0.4) is 0 Å². The summed E-state index contributed by atoms with van der Waals surface area (Å²) >= 11 is 0. The van der Waals surface area contributed by atoms with E-state index in [-0.39, 0.29) is 23.7 Å². The molecule has 0 saturated carbocycles. The third-order valence-electron chi connectivity index (χ3n) is 5.90. The van der Waals surface area contributed by atoms with Gasteiger partial charge in [0.1, 0.15) is 24.4 Å². The van der Waals surface area contributed by atoms with Crippen molar-refractivity contribution in [3.05, 3.63) is 93.5 Å². The first-order valence-electron chi connectivity index (χ1n) is 11.4. The normalized spacial score (nSPS) is 14.1. The van der Waals surface area contributed by atoms with Crippen molar-refractivity contribution < 1.29 is 18.7 Å². The van der Waals surface area contributed by atoms with Crippen molar-refractivity contribution in [2.45, 2.75) is 19.6 Å². The first-order chi connectivity index (χ1) is 17.1. The van der Waals surface area contributed by atoms with Gasteiger partial charge in [-0.3, -0.25) is 14.5 Å². The zero-order chi connectivity index (χ0) is 24.6. The summed E-state index contributed by atoms with van der Waals surface area (Å²) < 4.78 is 16.5. The number of amides is 1. The summed E-state index contributed by atoms with van der Waals surface area (Å²) in [6, 6.07) is 17.7. The van der Waals surface area contributed by atoms with E-state index in [4.69, 9.17) is 19.2 Å². The molecule has 1 aliphatic rings. The lowest BCUT2D eigenvalue weighted by Gasteiger charge is -2.22. The number of carbonyl (C=O) groups is 1. The van der Waals surface area contributed by atoms with Crippen molar-refractivity contribution in [3.8, 4) is 17.6 Å². The van der Waals surface area contributed by atoms with Gasteiger partial charge in [-0.1, -0.05) is 12.1 Å². The second-order valence-electron chi connectivity index (χ2n) is 8.33. The van der Waals surface area contributed by atoms with E-state index >= 15 is 0 Å². The van der Waals surface area contributed by atoms with Crippen LogP contribution in [0.15, 0.2) is 70.1 Å². The lowest BCUT2D eigenvalue weighted by Crippen LogP contribution is -2.35. The molecule has 35 heavy (non-hydrogen) atoms. The minimum Gasteiger partial charge on any atom is -0.497 e. The molecule has 8 nitrogen and oxygen atoms in total. The maximum absolute atomic E-state index is 12.8. The zero-order valence-electron chi connectivity index (χ0n) is 19.6. The highest BCUT2D eigenvalue weighted by Crippen LogP contribution is 2.16. The number of benzene rings is 2. The van der Waals surface area contributed by atoms with Crippen LogP contribution in [0.25, 0.3) is 0 Å². The topological polar surface area (TPSA) is 96.0 Å². The molecule has 8 heteroatoms. The largest absolute Gasteiger partial charge is 0.497 e. The quantitative estimate of drug-likeness (QED) is 0.519. The summed E-state index contributed by atoms with van der Waals surface area (Å²) in [7, 11) is 1.60. The van der Waals surface area contributed by atoms with Gasteiger partial charge in [-0.25, -0.2) is 0 Å². The SMILES string of the molecule is COc1cccc(COc2coc(CN3CCCN(C(=O)c4ccc(C#N)cc4)CC3)cc2=O)c1. The maximum Gasteiger partial charge on any atom is 0.253 e. The fourth-order valence-corrected chi connectivity index (χ4v) is 3.97. The Kier molecular flexibility index (Phi) is 7.81. The maximum atomic E-state index is 12.8. The Morgan fingerprint density at radius 1 is 1.09 bits per heavy atom. The van der Waals surface area contributed by atoms with Crippen LogP contribution in [0.1, 0.15) is 33.7 Å². The first-order valence-corrected chi connectivity index (χ1v) is 11.4. The summed E-state index contributed by atoms with van der Waals surface area (Å²) in [5, 5.41) is 8.94. The zero-order valence-corrected chi connectivity index (χ0v) is 19.6. The monoisotopic (exact) mass is 473 g/mol. The molecule has 1 saturated heterocycles. The predicted octanol–water partition coefficient (Wildman–Crippen LogP) is 3.45. The smallest absolute Gasteiger partial charge is 0.253 e. The average Bonchev–Trinajstić information content (AvgIpc) is 3.13. The summed E-state index contributed by atoms with van der Waals surface area (Å²) in [6.45, 7) is 3.39. The van der Waals surface area contributed by atoms with Gasteiger partial charge in [0.2, 0.25) is 11.2 Å². The number of carbonyl (C=O) groups excluding carboxylic acids is 1. The fraction of sp³-hybridized carbons (Fsp3) is 0.296. The lowest BCUT2D eigenvalue weighted by atomic mass is 10.1. The molecule has 0 bridgehead atoms. The van der Waals surface area contributed by atoms with Crippen LogP contribution in [-0.4, -0.2) is 49.0 Å². The summed E-state index contributed by atoms with van der Waals surface area (Å²) in [4.78, 5) is 29.4. The van der Waals surface area contributed by atoms with Gasteiger partial charge in [-0.15, -0.1) is 0 Å². The highest BCUT2D eigenvalue weighted by atomic mass is 16.5. The Balaban J connectivity index is 1.32. The molecule has 0 unspecified atom stereocenters. The number of methoxy groups -OCH3 is 1. The van der Waals surface area contributed by atoms with Gasteiger partial charge in [0.15, 0.2) is 0 Å². The number of ether oxygens (including phenoxy) is 2. The predicted molar refractivity (Wildman–Crippen MR) is 129 cm³/mol. The fourth-order valence-electron chi connectivity index (χ4n) is 3.97. The van der Waals surface area contributed by atoms with Crippen molar-refractivity contribution in [1.29, 1.82) is 5.26 Å². The highest BCUT2D eigenvalue weighted by Gasteiger charge is 2.21. The number of nitrogens with zero attached hydrogens (tertiary/aromatic N) is 3. The molecule has 0 radical (unpaired) electrons. The number of rotatable bonds is 7. The number of hydrogen-bond donors (Lipinski definition) is 0. The third kappa shape index (κ3) is 6.28. The van der Waals surface area contributed by atoms with Crippen molar-refractivity contribution >= 4 is 5.91 Å². The lowest BCUT2D eigenvalue weighted by molar-refractivity contribution is 0.0760. The molecule has 1 aliphatic heterocycles. The van der Waals surface area contributed by atoms with Gasteiger partial charge in [0, 0.05) is 37.8 Å². The average molecular weight is 474 g/mol. The summed E-state index contributed by atoms with van der Waals surface area (Å²) in [6.07, 6.45) is 2.17. The van der Waals surface area contributed by atoms with E-state index in [9.17, 15) is 9.59 Å². The van der Waals surface area contributed by atoms with Crippen molar-refractivity contribution in [3.63, 3.8) is 0 Å². The van der Waals surface area contributed by atoms with Gasteiger partial charge in [0.05, 0.1) is 25.3 Å². The Hall–Kier alpha value is -4.09. The molecule has 1 amide bonds. The van der Waals surface area contributed by atoms with Crippen LogP contribution < -0.4 is 14.9 Å². The molecule has 3 aromatic rings. The molecule has 0 atom stereocenters. The third-order valence-corrected chi connectivity index (χ3v) is 5.90. The van der Waals surface area contributed by atoms with Gasteiger partial charge in [-0.2, -0.15) is 5.26 Å². The van der Waals surface area contributed by atoms with E-state index in [0.29, 0.717) is 43.1 Å². The molecular formula is C27H27N3O5. The summed E-state index contributed by atoms with van der Waals surface area (Å²) in [5.41, 5.74) is 1.76. The highest BCUT2D eigenvalue weighted by molar-refractivity contribution is 5.94. The van der Waals surface area contributed by atoms with Crippen LogP contribution in [0.4, 0.5) is 0 Å². The minimum atomic E-state index is -0.235. The van der Waals surface area contributed by atoms with Crippen LogP contribution in [0.2, 0.25) is 0 Å². The van der Waals surface area contributed by atoms with Crippen LogP contribution >= 0.6 is 0 Å². The van der Waals surface area contributed by atoms with Gasteiger partial charge >= 0.3 is 0 Å². The minimum absolute atomic E-state index is 0.0413. The Morgan fingerprint density at radius 2 is 1.91 bits per heavy atom. The molecule has 0 N–H and O–H groups in total. The molecular weight excluding hydrogens is 446 g/mol. The van der Waals surface area contributed by atoms with E-state index in [1.807, 2.05) is 29.2 Å². The van der Waals surface area contributed by atoms with Gasteiger partial charge < -0.3 is 18.8 Å². The standard InChI is InChI=1S/C27H27N3O5/c1-33-23-5-2-4-21(14-23)18-35-26-19-34-24(15-25(26)31)17-29-10-3-11-30(13-12-29)27(32)22-8-6-20(16-28)7-9-22/h2,4-9,14-15,19H,3,10-13,17-18H2,1H3. The van der Waals surface area contributed by atoms with Gasteiger partial charge in [0.25, 0.3) is 5.91 Å². The van der Waals surface area contributed by atoms with E-state index in [2.05, 4.69) is 11.0 Å². The molecule has 1 aromatic heterocycles. The molecule has 180 valence electrons. The molecule has 2 aromatic carbocycles. The first kappa shape index (κ1) is 24.0. The number of hydrogen-bond acceptors (Lipinski definition) is 7. The van der Waals surface area contributed by atoms with E-state index in [1.54, 1.807) is 31.4 Å². The van der Waals surface area contributed by atoms with Crippen LogP contribution in [0.5, 0.6) is 11.5 Å². The Bertz CT molecular complexity index is 1260. The van der Waals surface area contributed by atoms with Crippen molar-refractivity contribution in [1.82, 2.24) is 9.80 Å². The molecule has 1 fully saturated rings. The van der Waals surface area contributed by atoms with E-state index < -0.39 is 0 Å². The summed E-state index contributed by atoms with van der Waals surface area (Å²) in [5.74, 6) is 1.39. The van der Waals surface area contributed by atoms with E-state index in [1.165, 1.54) is 12.3 Å². The number of nitriles is 1. The van der Waals surface area contributed by atoms with Gasteiger partial charge in [-0.05, 0) is 48.4 Å². The van der Waals surface area contributed by atoms with E-state index in [0.717, 1.165) is 24.3 Å². The van der Waals surface area contributed by atoms with Crippen LogP contribution in [-0.2, 0) is 13.2 Å². The van der Waals surface area contributed by atoms with Crippen LogP contribution in [0, 0.1) is 11.3 Å². The second-order valence-corrected chi connectivity index (χ2v) is 8.33. The Morgan fingerprint density at radius 3 is 2.66 bits per heavy atom. The molecule has 2 heterocycles. The van der Waals surface area contributed by atoms with Crippen molar-refractivity contribution in [2.24, 2.45) is 0 Å². The molecule has 0 spiro atoms. The molecule has 4 rings (SSSR count). The Labute approximate surface area is 203 Å². The second kappa shape index (κ2) is 11.4. The van der Waals surface area contributed by atoms with Crippen molar-refractivity contribution in [2.75, 3.05) is 33.3 Å².